The molecule has 162 valence electrons. The maximum absolute atomic E-state index is 12.4. The molecule has 2 atom stereocenters. The second kappa shape index (κ2) is 7.97. The number of hydrogen-bond donors (Lipinski definition) is 0. The van der Waals surface area contributed by atoms with Crippen molar-refractivity contribution in [1.29, 1.82) is 0 Å². The van der Waals surface area contributed by atoms with Gasteiger partial charge in [-0.05, 0) is 63.6 Å². The molecule has 1 aromatic carbocycles. The van der Waals surface area contributed by atoms with Gasteiger partial charge in [0.2, 0.25) is 0 Å². The van der Waals surface area contributed by atoms with E-state index in [0.717, 1.165) is 30.6 Å². The lowest BCUT2D eigenvalue weighted by molar-refractivity contribution is 0.0288. The Balaban J connectivity index is 1.52. The van der Waals surface area contributed by atoms with Crippen LogP contribution < -0.4 is 4.74 Å². The topological polar surface area (TPSA) is 56.6 Å². The lowest BCUT2D eigenvalue weighted by atomic mass is 9.95. The van der Waals surface area contributed by atoms with E-state index >= 15 is 0 Å². The van der Waals surface area contributed by atoms with Gasteiger partial charge in [0.15, 0.2) is 0 Å². The van der Waals surface area contributed by atoms with E-state index in [9.17, 15) is 4.79 Å². The van der Waals surface area contributed by atoms with E-state index in [4.69, 9.17) is 32.7 Å². The van der Waals surface area contributed by atoms with Gasteiger partial charge in [0.25, 0.3) is 0 Å². The zero-order valence-corrected chi connectivity index (χ0v) is 19.3. The van der Waals surface area contributed by atoms with E-state index in [1.54, 1.807) is 18.1 Å². The fourth-order valence-electron chi connectivity index (χ4n) is 4.45. The minimum Gasteiger partial charge on any atom is -0.496 e. The van der Waals surface area contributed by atoms with Crippen LogP contribution in [0.3, 0.4) is 0 Å². The Hall–Kier alpha value is -1.92. The Bertz CT molecular complexity index is 967. The number of carbonyl (C=O) groups excluding carboxylic acids is 1. The summed E-state index contributed by atoms with van der Waals surface area (Å²) in [6, 6.07) is 3.78. The second-order valence-corrected chi connectivity index (χ2v) is 9.80. The molecule has 2 aliphatic rings. The number of fused-ring (bicyclic) bond motifs is 1. The monoisotopic (exact) mass is 451 g/mol. The minimum atomic E-state index is -0.495. The maximum atomic E-state index is 12.4. The normalized spacial score (nSPS) is 21.1. The van der Waals surface area contributed by atoms with Crippen LogP contribution in [-0.2, 0) is 17.6 Å². The third-order valence-corrected chi connectivity index (χ3v) is 6.59. The molecule has 0 N–H and O–H groups in total. The lowest BCUT2D eigenvalue weighted by Crippen LogP contribution is -2.35. The van der Waals surface area contributed by atoms with Gasteiger partial charge in [-0.25, -0.2) is 4.79 Å². The molecule has 0 spiro atoms. The number of aromatic nitrogens is 2. The summed E-state index contributed by atoms with van der Waals surface area (Å²) in [5.41, 5.74) is 2.88. The van der Waals surface area contributed by atoms with E-state index in [2.05, 4.69) is 9.78 Å². The Kier molecular flexibility index (Phi) is 5.66. The van der Waals surface area contributed by atoms with Crippen LogP contribution in [0.15, 0.2) is 18.3 Å². The number of methoxy groups -OCH3 is 1. The van der Waals surface area contributed by atoms with E-state index < -0.39 is 5.60 Å². The Morgan fingerprint density at radius 3 is 2.70 bits per heavy atom. The lowest BCUT2D eigenvalue weighted by Gasteiger charge is -2.24. The number of benzene rings is 1. The van der Waals surface area contributed by atoms with Crippen LogP contribution in [0.1, 0.15) is 56.0 Å². The summed E-state index contributed by atoms with van der Waals surface area (Å²) in [6.07, 6.45) is 4.20. The number of hydrogen-bond acceptors (Lipinski definition) is 4. The summed E-state index contributed by atoms with van der Waals surface area (Å²) in [4.78, 5) is 14.2. The second-order valence-electron chi connectivity index (χ2n) is 9.01. The molecular formula is C22H27Cl2N3O3. The van der Waals surface area contributed by atoms with Gasteiger partial charge in [0, 0.05) is 24.3 Å². The summed E-state index contributed by atoms with van der Waals surface area (Å²) >= 11 is 12.8. The largest absolute Gasteiger partial charge is 0.496 e. The molecule has 1 aliphatic carbocycles. The third-order valence-electron chi connectivity index (χ3n) is 5.77. The van der Waals surface area contributed by atoms with Crippen molar-refractivity contribution in [1.82, 2.24) is 14.7 Å². The van der Waals surface area contributed by atoms with E-state index in [-0.39, 0.29) is 18.1 Å². The highest BCUT2D eigenvalue weighted by Gasteiger charge is 2.36. The fourth-order valence-corrected chi connectivity index (χ4v) is 4.92. The van der Waals surface area contributed by atoms with Gasteiger partial charge in [-0.3, -0.25) is 4.68 Å². The standard InChI is InChI=1S/C22H27Cl2N3O3/c1-22(2,3)30-21(28)26-8-7-15(12-26)27-17-10-13(9-14(17)11-25-27)19-18(29-4)6-5-16(23)20(19)24/h5-6,11,13,15H,7-10,12H2,1-4H3/t13-,15-/m1/s1. The van der Waals surface area contributed by atoms with Gasteiger partial charge in [-0.2, -0.15) is 5.10 Å². The molecule has 0 saturated carbocycles. The van der Waals surface area contributed by atoms with Gasteiger partial charge < -0.3 is 14.4 Å². The molecule has 6 nitrogen and oxygen atoms in total. The number of likely N-dealkylation sites (tertiary alicyclic amines) is 1. The van der Waals surface area contributed by atoms with Crippen LogP contribution in [0.5, 0.6) is 5.75 Å². The first kappa shape index (κ1) is 21.3. The van der Waals surface area contributed by atoms with E-state index in [1.165, 1.54) is 11.3 Å². The number of halogens is 2. The number of rotatable bonds is 3. The quantitative estimate of drug-likeness (QED) is 0.637. The van der Waals surface area contributed by atoms with Crippen LogP contribution in [0, 0.1) is 0 Å². The predicted molar refractivity (Wildman–Crippen MR) is 117 cm³/mol. The molecule has 1 aliphatic heterocycles. The summed E-state index contributed by atoms with van der Waals surface area (Å²) < 4.78 is 13.2. The van der Waals surface area contributed by atoms with Crippen LogP contribution in [0.25, 0.3) is 0 Å². The molecule has 8 heteroatoms. The predicted octanol–water partition coefficient (Wildman–Crippen LogP) is 5.26. The Morgan fingerprint density at radius 1 is 1.23 bits per heavy atom. The first-order valence-electron chi connectivity index (χ1n) is 10.2. The molecular weight excluding hydrogens is 425 g/mol. The molecule has 1 aromatic heterocycles. The molecule has 2 aromatic rings. The Labute approximate surface area is 187 Å². The van der Waals surface area contributed by atoms with Crippen molar-refractivity contribution in [3.8, 4) is 5.75 Å². The summed E-state index contributed by atoms with van der Waals surface area (Å²) in [5.74, 6) is 0.949. The molecule has 0 unspecified atom stereocenters. The smallest absolute Gasteiger partial charge is 0.410 e. The van der Waals surface area contributed by atoms with Crippen LogP contribution in [0.4, 0.5) is 4.79 Å². The first-order valence-corrected chi connectivity index (χ1v) is 11.0. The van der Waals surface area contributed by atoms with E-state index in [0.29, 0.717) is 23.1 Å². The average molecular weight is 452 g/mol. The zero-order valence-electron chi connectivity index (χ0n) is 17.7. The van der Waals surface area contributed by atoms with Gasteiger partial charge in [-0.15, -0.1) is 0 Å². The van der Waals surface area contributed by atoms with Gasteiger partial charge in [0.1, 0.15) is 11.4 Å². The highest BCUT2D eigenvalue weighted by atomic mass is 35.5. The highest BCUT2D eigenvalue weighted by Crippen LogP contribution is 2.44. The number of amides is 1. The minimum absolute atomic E-state index is 0.150. The SMILES string of the molecule is COc1ccc(Cl)c(Cl)c1[C@@H]1Cc2cnn([C@@H]3CCN(C(=O)OC(C)(C)C)C3)c2C1. The molecule has 0 radical (unpaired) electrons. The number of ether oxygens (including phenoxy) is 2. The van der Waals surface area contributed by atoms with Crippen LogP contribution in [-0.4, -0.2) is 46.6 Å². The molecule has 30 heavy (non-hydrogen) atoms. The van der Waals surface area contributed by atoms with Crippen molar-refractivity contribution in [3.05, 3.63) is 45.2 Å². The maximum Gasteiger partial charge on any atom is 0.410 e. The van der Waals surface area contributed by atoms with Gasteiger partial charge >= 0.3 is 6.09 Å². The van der Waals surface area contributed by atoms with Gasteiger partial charge in [-0.1, -0.05) is 23.2 Å². The van der Waals surface area contributed by atoms with Crippen LogP contribution in [0.2, 0.25) is 10.0 Å². The Morgan fingerprint density at radius 2 is 2.00 bits per heavy atom. The molecule has 1 amide bonds. The van der Waals surface area contributed by atoms with Crippen molar-refractivity contribution in [3.63, 3.8) is 0 Å². The van der Waals surface area contributed by atoms with Crippen LogP contribution >= 0.6 is 23.2 Å². The van der Waals surface area contributed by atoms with Crippen molar-refractivity contribution in [2.75, 3.05) is 20.2 Å². The summed E-state index contributed by atoms with van der Waals surface area (Å²) in [7, 11) is 1.65. The molecule has 0 bridgehead atoms. The highest BCUT2D eigenvalue weighted by molar-refractivity contribution is 6.42. The molecule has 4 rings (SSSR count). The third kappa shape index (κ3) is 4.00. The van der Waals surface area contributed by atoms with E-state index in [1.807, 2.05) is 33.0 Å². The van der Waals surface area contributed by atoms with Crippen molar-refractivity contribution in [2.45, 2.75) is 57.6 Å². The number of carbonyl (C=O) groups is 1. The average Bonchev–Trinajstić information content (AvgIpc) is 3.37. The summed E-state index contributed by atoms with van der Waals surface area (Å²) in [6.45, 7) is 6.93. The van der Waals surface area contributed by atoms with Crippen molar-refractivity contribution < 1.29 is 14.3 Å². The molecule has 1 saturated heterocycles. The number of nitrogens with zero attached hydrogens (tertiary/aromatic N) is 3. The zero-order chi connectivity index (χ0) is 21.6. The van der Waals surface area contributed by atoms with Gasteiger partial charge in [0.05, 0.1) is 29.4 Å². The first-order chi connectivity index (χ1) is 14.2. The molecule has 2 heterocycles. The summed E-state index contributed by atoms with van der Waals surface area (Å²) in [5, 5.41) is 5.74. The molecule has 1 fully saturated rings. The fraction of sp³-hybridized carbons (Fsp3) is 0.545. The van der Waals surface area contributed by atoms with Crippen molar-refractivity contribution >= 4 is 29.3 Å². The van der Waals surface area contributed by atoms with Crippen molar-refractivity contribution in [2.24, 2.45) is 0 Å².